The van der Waals surface area contributed by atoms with Gasteiger partial charge in [-0.2, -0.15) is 0 Å². The molecule has 124 valence electrons. The molecule has 0 heterocycles. The van der Waals surface area contributed by atoms with Crippen molar-refractivity contribution in [1.29, 1.82) is 0 Å². The summed E-state index contributed by atoms with van der Waals surface area (Å²) in [5.41, 5.74) is 2.13. The number of fused-ring (bicyclic) bond motifs is 1. The van der Waals surface area contributed by atoms with Crippen LogP contribution in [0.25, 0.3) is 10.8 Å². The normalized spacial score (nSPS) is 10.9. The molecule has 0 spiro atoms. The molecule has 0 aliphatic heterocycles. The van der Waals surface area contributed by atoms with Crippen molar-refractivity contribution in [3.8, 4) is 5.75 Å². The Hall–Kier alpha value is -2.39. The Morgan fingerprint density at radius 3 is 2.54 bits per heavy atom. The number of nitrogens with one attached hydrogen (secondary N) is 1. The molecule has 0 saturated heterocycles. The van der Waals surface area contributed by atoms with E-state index in [1.807, 2.05) is 12.1 Å². The van der Waals surface area contributed by atoms with Gasteiger partial charge in [-0.05, 0) is 47.5 Å². The maximum atomic E-state index is 13.0. The average Bonchev–Trinajstić information content (AvgIpc) is 2.62. The average molecular weight is 323 g/mol. The van der Waals surface area contributed by atoms with Crippen LogP contribution in [0.4, 0.5) is 4.39 Å². The van der Waals surface area contributed by atoms with Crippen LogP contribution in [-0.4, -0.2) is 6.54 Å². The van der Waals surface area contributed by atoms with E-state index < -0.39 is 0 Å². The molecule has 3 heteroatoms. The standard InChI is InChI=1S/C21H22FNO/c1-2-13-23-14-20-19-6-4-3-5-17(19)9-12-21(20)24-15-16-7-10-18(22)11-8-16/h3-12,23H,2,13-15H2,1H3. The molecule has 3 aromatic carbocycles. The minimum Gasteiger partial charge on any atom is -0.489 e. The van der Waals surface area contributed by atoms with Gasteiger partial charge in [0.1, 0.15) is 18.2 Å². The fourth-order valence-electron chi connectivity index (χ4n) is 2.77. The van der Waals surface area contributed by atoms with E-state index in [1.165, 1.54) is 28.5 Å². The summed E-state index contributed by atoms with van der Waals surface area (Å²) in [7, 11) is 0. The summed E-state index contributed by atoms with van der Waals surface area (Å²) in [4.78, 5) is 0. The predicted octanol–water partition coefficient (Wildman–Crippen LogP) is 5.06. The molecule has 0 radical (unpaired) electrons. The number of halogens is 1. The summed E-state index contributed by atoms with van der Waals surface area (Å²) < 4.78 is 19.1. The fourth-order valence-corrected chi connectivity index (χ4v) is 2.77. The third-order valence-electron chi connectivity index (χ3n) is 4.03. The highest BCUT2D eigenvalue weighted by molar-refractivity contribution is 5.87. The molecule has 0 aliphatic carbocycles. The zero-order valence-electron chi connectivity index (χ0n) is 13.9. The second kappa shape index (κ2) is 7.93. The lowest BCUT2D eigenvalue weighted by molar-refractivity contribution is 0.302. The Morgan fingerprint density at radius 1 is 0.958 bits per heavy atom. The number of hydrogen-bond acceptors (Lipinski definition) is 2. The minimum atomic E-state index is -0.228. The van der Waals surface area contributed by atoms with E-state index in [-0.39, 0.29) is 5.82 Å². The largest absolute Gasteiger partial charge is 0.489 e. The summed E-state index contributed by atoms with van der Waals surface area (Å²) in [6, 6.07) is 18.9. The second-order valence-electron chi connectivity index (χ2n) is 5.86. The molecule has 0 aromatic heterocycles. The highest BCUT2D eigenvalue weighted by atomic mass is 19.1. The summed E-state index contributed by atoms with van der Waals surface area (Å²) in [6.45, 7) is 4.33. The van der Waals surface area contributed by atoms with Gasteiger partial charge in [-0.1, -0.05) is 49.4 Å². The van der Waals surface area contributed by atoms with Crippen LogP contribution in [-0.2, 0) is 13.2 Å². The van der Waals surface area contributed by atoms with Crippen molar-refractivity contribution >= 4 is 10.8 Å². The number of ether oxygens (including phenoxy) is 1. The number of hydrogen-bond donors (Lipinski definition) is 1. The van der Waals surface area contributed by atoms with Crippen LogP contribution in [0, 0.1) is 5.82 Å². The predicted molar refractivity (Wildman–Crippen MR) is 96.7 cm³/mol. The van der Waals surface area contributed by atoms with Crippen molar-refractivity contribution in [1.82, 2.24) is 5.32 Å². The molecule has 3 aromatic rings. The molecule has 0 amide bonds. The van der Waals surface area contributed by atoms with Gasteiger partial charge in [0.15, 0.2) is 0 Å². The second-order valence-corrected chi connectivity index (χ2v) is 5.86. The first-order chi connectivity index (χ1) is 11.8. The van der Waals surface area contributed by atoms with Gasteiger partial charge in [0.2, 0.25) is 0 Å². The zero-order valence-corrected chi connectivity index (χ0v) is 13.9. The Balaban J connectivity index is 1.85. The van der Waals surface area contributed by atoms with Gasteiger partial charge in [-0.3, -0.25) is 0 Å². The van der Waals surface area contributed by atoms with Crippen LogP contribution < -0.4 is 10.1 Å². The molecule has 0 bridgehead atoms. The first-order valence-corrected chi connectivity index (χ1v) is 8.36. The first kappa shape index (κ1) is 16.5. The van der Waals surface area contributed by atoms with E-state index in [0.717, 1.165) is 30.8 Å². The molecule has 0 atom stereocenters. The quantitative estimate of drug-likeness (QED) is 0.614. The highest BCUT2D eigenvalue weighted by Crippen LogP contribution is 2.28. The van der Waals surface area contributed by atoms with Gasteiger partial charge < -0.3 is 10.1 Å². The van der Waals surface area contributed by atoms with Gasteiger partial charge in [-0.15, -0.1) is 0 Å². The summed E-state index contributed by atoms with van der Waals surface area (Å²) in [6.07, 6.45) is 1.09. The van der Waals surface area contributed by atoms with Crippen molar-refractivity contribution in [3.05, 3.63) is 77.6 Å². The molecule has 0 aliphatic rings. The Bertz CT molecular complexity index is 799. The number of benzene rings is 3. The van der Waals surface area contributed by atoms with Crippen LogP contribution in [0.15, 0.2) is 60.7 Å². The van der Waals surface area contributed by atoms with Gasteiger partial charge in [0.05, 0.1) is 0 Å². The maximum Gasteiger partial charge on any atom is 0.124 e. The zero-order chi connectivity index (χ0) is 16.8. The molecule has 3 rings (SSSR count). The van der Waals surface area contributed by atoms with E-state index in [2.05, 4.69) is 36.5 Å². The van der Waals surface area contributed by atoms with Crippen LogP contribution in [0.1, 0.15) is 24.5 Å². The lowest BCUT2D eigenvalue weighted by Gasteiger charge is -2.15. The van der Waals surface area contributed by atoms with Gasteiger partial charge >= 0.3 is 0 Å². The molecule has 2 nitrogen and oxygen atoms in total. The molecule has 1 N–H and O–H groups in total. The van der Waals surface area contributed by atoms with E-state index >= 15 is 0 Å². The highest BCUT2D eigenvalue weighted by Gasteiger charge is 2.09. The van der Waals surface area contributed by atoms with E-state index in [1.54, 1.807) is 12.1 Å². The SMILES string of the molecule is CCCNCc1c(OCc2ccc(F)cc2)ccc2ccccc12. The molecule has 0 unspecified atom stereocenters. The van der Waals surface area contributed by atoms with Gasteiger partial charge in [0.25, 0.3) is 0 Å². The van der Waals surface area contributed by atoms with Crippen molar-refractivity contribution < 1.29 is 9.13 Å². The molecule has 0 fully saturated rings. The van der Waals surface area contributed by atoms with Crippen molar-refractivity contribution in [2.75, 3.05) is 6.54 Å². The van der Waals surface area contributed by atoms with Crippen molar-refractivity contribution in [2.24, 2.45) is 0 Å². The molecule has 24 heavy (non-hydrogen) atoms. The number of rotatable bonds is 7. The van der Waals surface area contributed by atoms with E-state index in [0.29, 0.717) is 6.61 Å². The first-order valence-electron chi connectivity index (χ1n) is 8.36. The summed E-state index contributed by atoms with van der Waals surface area (Å²) in [5, 5.41) is 5.87. The lowest BCUT2D eigenvalue weighted by Crippen LogP contribution is -2.15. The third-order valence-corrected chi connectivity index (χ3v) is 4.03. The van der Waals surface area contributed by atoms with E-state index in [4.69, 9.17) is 4.74 Å². The van der Waals surface area contributed by atoms with Crippen molar-refractivity contribution in [3.63, 3.8) is 0 Å². The van der Waals surface area contributed by atoms with Crippen LogP contribution >= 0.6 is 0 Å². The maximum absolute atomic E-state index is 13.0. The van der Waals surface area contributed by atoms with Gasteiger partial charge in [-0.25, -0.2) is 4.39 Å². The Kier molecular flexibility index (Phi) is 5.44. The van der Waals surface area contributed by atoms with Crippen molar-refractivity contribution in [2.45, 2.75) is 26.5 Å². The fraction of sp³-hybridized carbons (Fsp3) is 0.238. The monoisotopic (exact) mass is 323 g/mol. The van der Waals surface area contributed by atoms with Crippen LogP contribution in [0.5, 0.6) is 5.75 Å². The Labute approximate surface area is 142 Å². The smallest absolute Gasteiger partial charge is 0.124 e. The van der Waals surface area contributed by atoms with Crippen LogP contribution in [0.3, 0.4) is 0 Å². The lowest BCUT2D eigenvalue weighted by atomic mass is 10.0. The third kappa shape index (κ3) is 3.92. The molecule has 0 saturated carbocycles. The summed E-state index contributed by atoms with van der Waals surface area (Å²) in [5.74, 6) is 0.649. The Morgan fingerprint density at radius 2 is 1.75 bits per heavy atom. The molecular formula is C21H22FNO. The molecular weight excluding hydrogens is 301 g/mol. The van der Waals surface area contributed by atoms with E-state index in [9.17, 15) is 4.39 Å². The summed E-state index contributed by atoms with van der Waals surface area (Å²) >= 11 is 0. The van der Waals surface area contributed by atoms with Crippen LogP contribution in [0.2, 0.25) is 0 Å². The van der Waals surface area contributed by atoms with Gasteiger partial charge in [0, 0.05) is 12.1 Å². The minimum absolute atomic E-state index is 0.228. The topological polar surface area (TPSA) is 21.3 Å².